The third-order valence-corrected chi connectivity index (χ3v) is 8.83. The summed E-state index contributed by atoms with van der Waals surface area (Å²) in [5.74, 6) is 0. The zero-order chi connectivity index (χ0) is 29.5. The highest BCUT2D eigenvalue weighted by Gasteiger charge is 2.58. The summed E-state index contributed by atoms with van der Waals surface area (Å²) in [4.78, 5) is 5.11. The van der Waals surface area contributed by atoms with Crippen LogP contribution in [0.2, 0.25) is 0 Å². The molecule has 44 heavy (non-hydrogen) atoms. The number of rotatable bonds is 7. The van der Waals surface area contributed by atoms with Gasteiger partial charge in [-0.05, 0) is 58.0 Å². The van der Waals surface area contributed by atoms with Crippen molar-refractivity contribution in [3.63, 3.8) is 0 Å². The maximum absolute atomic E-state index is 5.11. The standard InChI is InChI=1S/C41H33N3/c1-2-36-39(31-20-11-5-12-21-31)43-41(32-22-13-6-14-23-32)44(43)40(36)34-25-15-24-33(26-34)35-27-37(29-16-7-3-8-17-29)42-38(28-35)30-18-9-4-10-19-30/h3-28,40-41H,2H2,1H3. The summed E-state index contributed by atoms with van der Waals surface area (Å²) in [6.45, 7) is 2.29. The minimum Gasteiger partial charge on any atom is -0.278 e. The topological polar surface area (TPSA) is 18.9 Å². The highest BCUT2D eigenvalue weighted by molar-refractivity contribution is 5.78. The van der Waals surface area contributed by atoms with E-state index in [1.54, 1.807) is 0 Å². The summed E-state index contributed by atoms with van der Waals surface area (Å²) in [5, 5.41) is 5.07. The number of hydrogen-bond donors (Lipinski definition) is 0. The zero-order valence-electron chi connectivity index (χ0n) is 24.7. The van der Waals surface area contributed by atoms with Gasteiger partial charge in [-0.3, -0.25) is 5.01 Å². The van der Waals surface area contributed by atoms with Gasteiger partial charge in [0.1, 0.15) is 6.17 Å². The first-order chi connectivity index (χ1) is 21.8. The Kier molecular flexibility index (Phi) is 6.66. The Morgan fingerprint density at radius 2 is 1.00 bits per heavy atom. The lowest BCUT2D eigenvalue weighted by atomic mass is 9.90. The van der Waals surface area contributed by atoms with Gasteiger partial charge >= 0.3 is 0 Å². The van der Waals surface area contributed by atoms with Crippen LogP contribution in [0.1, 0.15) is 42.2 Å². The Hall–Kier alpha value is -5.25. The largest absolute Gasteiger partial charge is 0.278 e. The Labute approximate surface area is 259 Å². The Bertz CT molecular complexity index is 1890. The van der Waals surface area contributed by atoms with E-state index in [9.17, 15) is 0 Å². The molecule has 3 heteroatoms. The van der Waals surface area contributed by atoms with Crippen LogP contribution in [0.25, 0.3) is 39.3 Å². The third kappa shape index (κ3) is 4.63. The summed E-state index contributed by atoms with van der Waals surface area (Å²) >= 11 is 0. The molecule has 3 unspecified atom stereocenters. The number of pyridine rings is 1. The molecule has 1 aromatic heterocycles. The first kappa shape index (κ1) is 26.4. The van der Waals surface area contributed by atoms with Gasteiger partial charge in [-0.25, -0.2) is 4.98 Å². The molecule has 0 amide bonds. The molecule has 2 aliphatic heterocycles. The fourth-order valence-corrected chi connectivity index (χ4v) is 6.77. The van der Waals surface area contributed by atoms with Crippen molar-refractivity contribution in [1.82, 2.24) is 15.0 Å². The summed E-state index contributed by atoms with van der Waals surface area (Å²) in [5.41, 5.74) is 13.3. The van der Waals surface area contributed by atoms with Crippen molar-refractivity contribution < 1.29 is 0 Å². The van der Waals surface area contributed by atoms with Gasteiger partial charge < -0.3 is 0 Å². The van der Waals surface area contributed by atoms with E-state index in [4.69, 9.17) is 4.98 Å². The highest BCUT2D eigenvalue weighted by atomic mass is 15.9. The fraction of sp³-hybridized carbons (Fsp3) is 0.0976. The van der Waals surface area contributed by atoms with Crippen LogP contribution in [0, 0.1) is 0 Å². The summed E-state index contributed by atoms with van der Waals surface area (Å²) in [6, 6.07) is 56.5. The maximum Gasteiger partial charge on any atom is 0.141 e. The fourth-order valence-electron chi connectivity index (χ4n) is 6.77. The lowest BCUT2D eigenvalue weighted by Crippen LogP contribution is -2.11. The van der Waals surface area contributed by atoms with E-state index in [0.29, 0.717) is 0 Å². The maximum atomic E-state index is 5.11. The van der Waals surface area contributed by atoms with Crippen LogP contribution >= 0.6 is 0 Å². The second-order valence-electron chi connectivity index (χ2n) is 11.5. The SMILES string of the molecule is CCC1=C(c2ccccc2)N2C(c3ccccc3)N2C1c1cccc(-c2cc(-c3ccccc3)nc(-c3ccccc3)c2)c1. The third-order valence-electron chi connectivity index (χ3n) is 8.83. The van der Waals surface area contributed by atoms with Gasteiger partial charge in [-0.15, -0.1) is 0 Å². The molecule has 0 aliphatic carbocycles. The molecule has 3 heterocycles. The molecule has 0 bridgehead atoms. The van der Waals surface area contributed by atoms with Crippen LogP contribution in [-0.2, 0) is 0 Å². The molecule has 2 aliphatic rings. The van der Waals surface area contributed by atoms with Crippen LogP contribution in [-0.4, -0.2) is 15.0 Å². The van der Waals surface area contributed by atoms with Gasteiger partial charge in [-0.2, -0.15) is 5.01 Å². The van der Waals surface area contributed by atoms with Crippen molar-refractivity contribution in [3.8, 4) is 33.6 Å². The molecular formula is C41H33N3. The molecule has 1 saturated heterocycles. The Balaban J connectivity index is 1.25. The lowest BCUT2D eigenvalue weighted by Gasteiger charge is -2.20. The van der Waals surface area contributed by atoms with Crippen molar-refractivity contribution in [3.05, 3.63) is 180 Å². The van der Waals surface area contributed by atoms with Crippen molar-refractivity contribution in [1.29, 1.82) is 0 Å². The molecule has 5 aromatic carbocycles. The van der Waals surface area contributed by atoms with Crippen LogP contribution < -0.4 is 0 Å². The first-order valence-electron chi connectivity index (χ1n) is 15.4. The van der Waals surface area contributed by atoms with Gasteiger partial charge in [0.25, 0.3) is 0 Å². The van der Waals surface area contributed by atoms with Crippen molar-refractivity contribution in [2.75, 3.05) is 0 Å². The van der Waals surface area contributed by atoms with E-state index < -0.39 is 0 Å². The Morgan fingerprint density at radius 1 is 0.500 bits per heavy atom. The van der Waals surface area contributed by atoms with E-state index >= 15 is 0 Å². The second kappa shape index (κ2) is 11.1. The van der Waals surface area contributed by atoms with Gasteiger partial charge in [0.15, 0.2) is 0 Å². The van der Waals surface area contributed by atoms with Crippen molar-refractivity contribution in [2.24, 2.45) is 0 Å². The predicted octanol–water partition coefficient (Wildman–Crippen LogP) is 10.2. The minimum absolute atomic E-state index is 0.171. The summed E-state index contributed by atoms with van der Waals surface area (Å²) < 4.78 is 0. The molecule has 3 atom stereocenters. The van der Waals surface area contributed by atoms with E-state index in [2.05, 4.69) is 175 Å². The molecule has 6 aromatic rings. The minimum atomic E-state index is 0.171. The average molecular weight is 568 g/mol. The van der Waals surface area contributed by atoms with E-state index in [-0.39, 0.29) is 12.2 Å². The molecular weight excluding hydrogens is 534 g/mol. The smallest absolute Gasteiger partial charge is 0.141 e. The molecule has 1 fully saturated rings. The zero-order valence-corrected chi connectivity index (χ0v) is 24.7. The first-order valence-corrected chi connectivity index (χ1v) is 15.4. The van der Waals surface area contributed by atoms with Crippen molar-refractivity contribution in [2.45, 2.75) is 25.6 Å². The number of benzene rings is 5. The average Bonchev–Trinajstić information content (AvgIpc) is 3.73. The number of hydrazine groups is 1. The van der Waals surface area contributed by atoms with Gasteiger partial charge in [0.05, 0.1) is 23.1 Å². The Morgan fingerprint density at radius 3 is 1.57 bits per heavy atom. The molecule has 0 radical (unpaired) electrons. The number of hydrogen-bond acceptors (Lipinski definition) is 3. The van der Waals surface area contributed by atoms with Gasteiger partial charge in [0.2, 0.25) is 0 Å². The number of nitrogens with zero attached hydrogens (tertiary/aromatic N) is 3. The number of fused-ring (bicyclic) bond motifs is 1. The quantitative estimate of drug-likeness (QED) is 0.179. The molecule has 212 valence electrons. The second-order valence-corrected chi connectivity index (χ2v) is 11.5. The molecule has 0 saturated carbocycles. The molecule has 3 nitrogen and oxygen atoms in total. The molecule has 0 spiro atoms. The summed E-state index contributed by atoms with van der Waals surface area (Å²) in [6.07, 6.45) is 1.21. The number of aromatic nitrogens is 1. The van der Waals surface area contributed by atoms with Crippen LogP contribution in [0.15, 0.2) is 163 Å². The van der Waals surface area contributed by atoms with E-state index in [0.717, 1.165) is 28.9 Å². The van der Waals surface area contributed by atoms with E-state index in [1.165, 1.54) is 39.1 Å². The van der Waals surface area contributed by atoms with E-state index in [1.807, 2.05) is 0 Å². The van der Waals surface area contributed by atoms with Crippen LogP contribution in [0.5, 0.6) is 0 Å². The normalized spacial score (nSPS) is 18.8. The van der Waals surface area contributed by atoms with Crippen molar-refractivity contribution >= 4 is 5.70 Å². The lowest BCUT2D eigenvalue weighted by molar-refractivity contribution is 0.354. The van der Waals surface area contributed by atoms with Crippen LogP contribution in [0.4, 0.5) is 0 Å². The predicted molar refractivity (Wildman–Crippen MR) is 180 cm³/mol. The van der Waals surface area contributed by atoms with Gasteiger partial charge in [0, 0.05) is 11.1 Å². The molecule has 8 rings (SSSR count). The van der Waals surface area contributed by atoms with Gasteiger partial charge in [-0.1, -0.05) is 146 Å². The van der Waals surface area contributed by atoms with Crippen LogP contribution in [0.3, 0.4) is 0 Å². The monoisotopic (exact) mass is 567 g/mol. The highest BCUT2D eigenvalue weighted by Crippen LogP contribution is 2.62. The summed E-state index contributed by atoms with van der Waals surface area (Å²) in [7, 11) is 0. The molecule has 0 N–H and O–H groups in total.